The summed E-state index contributed by atoms with van der Waals surface area (Å²) in [6.07, 6.45) is 3.61. The molecule has 2 aromatic carbocycles. The fourth-order valence-electron chi connectivity index (χ4n) is 4.53. The topological polar surface area (TPSA) is 113 Å². The molecule has 0 unspecified atom stereocenters. The largest absolute Gasteiger partial charge is 0.514 e. The van der Waals surface area contributed by atoms with Gasteiger partial charge in [-0.3, -0.25) is 0 Å². The average molecular weight is 530 g/mol. The van der Waals surface area contributed by atoms with Crippen molar-refractivity contribution in [3.8, 4) is 0 Å². The van der Waals surface area contributed by atoms with E-state index < -0.39 is 23.7 Å². The van der Waals surface area contributed by atoms with Crippen molar-refractivity contribution in [1.82, 2.24) is 4.90 Å². The molecule has 2 aromatic rings. The highest BCUT2D eigenvalue weighted by Crippen LogP contribution is 2.39. The van der Waals surface area contributed by atoms with Crippen molar-refractivity contribution in [2.75, 3.05) is 19.6 Å². The second-order valence-electron chi connectivity index (χ2n) is 9.02. The van der Waals surface area contributed by atoms with Crippen LogP contribution in [0.4, 0.5) is 13.6 Å². The molecule has 0 aromatic heterocycles. The van der Waals surface area contributed by atoms with E-state index in [-0.39, 0.29) is 17.6 Å². The van der Waals surface area contributed by atoms with Crippen molar-refractivity contribution >= 4 is 18.1 Å². The van der Waals surface area contributed by atoms with Crippen LogP contribution in [0.3, 0.4) is 0 Å². The van der Waals surface area contributed by atoms with Gasteiger partial charge in [-0.05, 0) is 54.8 Å². The zero-order chi connectivity index (χ0) is 27.7. The molecule has 10 heteroatoms. The van der Waals surface area contributed by atoms with Gasteiger partial charge in [-0.2, -0.15) is 0 Å². The van der Waals surface area contributed by atoms with Crippen LogP contribution >= 0.6 is 0 Å². The van der Waals surface area contributed by atoms with Crippen molar-refractivity contribution in [3.05, 3.63) is 95.8 Å². The molecule has 4 rings (SSSR count). The Kier molecular flexibility index (Phi) is 9.72. The first kappa shape index (κ1) is 28.5. The van der Waals surface area contributed by atoms with E-state index in [4.69, 9.17) is 19.7 Å². The molecule has 1 spiro atoms. The van der Waals surface area contributed by atoms with Crippen LogP contribution < -0.4 is 0 Å². The lowest BCUT2D eigenvalue weighted by molar-refractivity contribution is -0.134. The summed E-state index contributed by atoms with van der Waals surface area (Å²) in [6.45, 7) is 6.33. The van der Waals surface area contributed by atoms with Gasteiger partial charge in [0.15, 0.2) is 5.60 Å². The Labute approximate surface area is 218 Å². The predicted molar refractivity (Wildman–Crippen MR) is 133 cm³/mol. The minimum absolute atomic E-state index is 0.0753. The molecular formula is C28H29F2NO7. The number of piperidine rings is 1. The molecule has 2 N–H and O–H groups in total. The maximum absolute atomic E-state index is 13.4. The Balaban J connectivity index is 0.000000436. The highest BCUT2D eigenvalue weighted by Gasteiger charge is 2.48. The van der Waals surface area contributed by atoms with E-state index in [1.807, 2.05) is 0 Å². The van der Waals surface area contributed by atoms with Gasteiger partial charge in [0, 0.05) is 44.0 Å². The fraction of sp³-hybridized carbons (Fsp3) is 0.321. The van der Waals surface area contributed by atoms with E-state index in [1.165, 1.54) is 24.3 Å². The number of carbonyl (C=O) groups excluding carboxylic acids is 1. The third-order valence-electron chi connectivity index (χ3n) is 6.54. The zero-order valence-electron chi connectivity index (χ0n) is 20.6. The molecule has 0 atom stereocenters. The molecule has 0 aliphatic carbocycles. The quantitative estimate of drug-likeness (QED) is 0.359. The molecule has 2 aliphatic heterocycles. The van der Waals surface area contributed by atoms with Crippen LogP contribution in [0.2, 0.25) is 0 Å². The smallest absolute Gasteiger partial charge is 0.478 e. The Hall–Kier alpha value is -4.05. The van der Waals surface area contributed by atoms with Crippen LogP contribution in [0, 0.1) is 11.6 Å². The SMILES string of the molecule is C=C1OC(=O)OC12CCN(CCCC(c1ccc(F)cc1)c1ccc(F)cc1)CC2.O=C(O)/C=C\C(=O)O. The van der Waals surface area contributed by atoms with Crippen molar-refractivity contribution < 1.29 is 42.9 Å². The molecule has 38 heavy (non-hydrogen) atoms. The minimum atomic E-state index is -1.26. The zero-order valence-corrected chi connectivity index (χ0v) is 20.6. The number of likely N-dealkylation sites (tertiary alicyclic amines) is 1. The van der Waals surface area contributed by atoms with Crippen molar-refractivity contribution in [2.24, 2.45) is 0 Å². The van der Waals surface area contributed by atoms with Gasteiger partial charge in [-0.25, -0.2) is 23.2 Å². The van der Waals surface area contributed by atoms with E-state index in [2.05, 4.69) is 11.5 Å². The van der Waals surface area contributed by atoms with Crippen LogP contribution in [0.5, 0.6) is 0 Å². The number of nitrogens with zero attached hydrogens (tertiary/aromatic N) is 1. The van der Waals surface area contributed by atoms with Gasteiger partial charge in [0.05, 0.1) is 0 Å². The molecule has 2 aliphatic rings. The lowest BCUT2D eigenvalue weighted by Crippen LogP contribution is -2.45. The van der Waals surface area contributed by atoms with Gasteiger partial charge < -0.3 is 24.6 Å². The number of carboxylic acid groups (broad SMARTS) is 2. The first-order valence-electron chi connectivity index (χ1n) is 12.1. The molecule has 0 saturated carbocycles. The number of aliphatic carboxylic acids is 2. The standard InChI is InChI=1S/C24H25F2NO3.C4H4O4/c1-17-24(30-23(28)29-17)12-15-27(16-13-24)14-2-3-22(18-4-8-20(25)9-5-18)19-6-10-21(26)11-7-19;5-3(6)1-2-4(7)8/h4-11,22H,1-3,12-16H2;1-2H,(H,5,6)(H,7,8)/b;2-1-. The Morgan fingerprint density at radius 3 is 1.82 bits per heavy atom. The number of ether oxygens (including phenoxy) is 2. The van der Waals surface area contributed by atoms with Crippen LogP contribution in [0.1, 0.15) is 42.7 Å². The summed E-state index contributed by atoms with van der Waals surface area (Å²) >= 11 is 0. The molecule has 202 valence electrons. The molecule has 2 heterocycles. The average Bonchev–Trinajstić information content (AvgIpc) is 3.15. The fourth-order valence-corrected chi connectivity index (χ4v) is 4.53. The molecule has 0 bridgehead atoms. The predicted octanol–water partition coefficient (Wildman–Crippen LogP) is 5.10. The lowest BCUT2D eigenvalue weighted by Gasteiger charge is -2.36. The number of halogens is 2. The van der Waals surface area contributed by atoms with Crippen molar-refractivity contribution in [1.29, 1.82) is 0 Å². The molecule has 8 nitrogen and oxygen atoms in total. The second-order valence-corrected chi connectivity index (χ2v) is 9.02. The number of hydrogen-bond donors (Lipinski definition) is 2. The molecule has 0 radical (unpaired) electrons. The van der Waals surface area contributed by atoms with Crippen LogP contribution in [-0.4, -0.2) is 58.4 Å². The molecule has 0 amide bonds. The van der Waals surface area contributed by atoms with Gasteiger partial charge in [0.2, 0.25) is 0 Å². The van der Waals surface area contributed by atoms with Crippen molar-refractivity contribution in [2.45, 2.75) is 37.2 Å². The summed E-state index contributed by atoms with van der Waals surface area (Å²) in [5.41, 5.74) is 1.37. The van der Waals surface area contributed by atoms with Crippen LogP contribution in [-0.2, 0) is 19.1 Å². The lowest BCUT2D eigenvalue weighted by atomic mass is 9.87. The minimum Gasteiger partial charge on any atom is -0.478 e. The normalized spacial score (nSPS) is 16.7. The highest BCUT2D eigenvalue weighted by atomic mass is 19.1. The second kappa shape index (κ2) is 13.0. The van der Waals surface area contributed by atoms with Crippen molar-refractivity contribution in [3.63, 3.8) is 0 Å². The third kappa shape index (κ3) is 7.97. The Morgan fingerprint density at radius 2 is 1.42 bits per heavy atom. The molecule has 2 saturated heterocycles. The summed E-state index contributed by atoms with van der Waals surface area (Å²) in [5.74, 6) is -2.56. The van der Waals surface area contributed by atoms with Crippen LogP contribution in [0.15, 0.2) is 73.0 Å². The number of rotatable bonds is 8. The summed E-state index contributed by atoms with van der Waals surface area (Å²) in [6, 6.07) is 13.1. The van der Waals surface area contributed by atoms with Gasteiger partial charge in [0.1, 0.15) is 17.4 Å². The summed E-state index contributed by atoms with van der Waals surface area (Å²) in [7, 11) is 0. The molecular weight excluding hydrogens is 500 g/mol. The first-order chi connectivity index (χ1) is 18.1. The molecule has 2 fully saturated rings. The number of carboxylic acids is 2. The maximum atomic E-state index is 13.4. The van der Waals surface area contributed by atoms with Gasteiger partial charge in [-0.1, -0.05) is 30.8 Å². The number of carbonyl (C=O) groups is 3. The van der Waals surface area contributed by atoms with E-state index in [1.54, 1.807) is 24.3 Å². The summed E-state index contributed by atoms with van der Waals surface area (Å²) in [5, 5.41) is 15.6. The first-order valence-corrected chi connectivity index (χ1v) is 12.1. The summed E-state index contributed by atoms with van der Waals surface area (Å²) in [4.78, 5) is 32.9. The van der Waals surface area contributed by atoms with Gasteiger partial charge in [0.25, 0.3) is 0 Å². The number of benzene rings is 2. The van der Waals surface area contributed by atoms with E-state index in [0.717, 1.165) is 43.6 Å². The van der Waals surface area contributed by atoms with Crippen LogP contribution in [0.25, 0.3) is 0 Å². The monoisotopic (exact) mass is 529 g/mol. The third-order valence-corrected chi connectivity index (χ3v) is 6.54. The van der Waals surface area contributed by atoms with E-state index >= 15 is 0 Å². The van der Waals surface area contributed by atoms with Gasteiger partial charge >= 0.3 is 18.1 Å². The number of cyclic esters (lactones) is 1. The van der Waals surface area contributed by atoms with E-state index in [9.17, 15) is 23.2 Å². The summed E-state index contributed by atoms with van der Waals surface area (Å²) < 4.78 is 37.1. The highest BCUT2D eigenvalue weighted by molar-refractivity contribution is 5.89. The van der Waals surface area contributed by atoms with E-state index in [0.29, 0.717) is 30.8 Å². The Bertz CT molecular complexity index is 1110. The van der Waals surface area contributed by atoms with Gasteiger partial charge in [-0.15, -0.1) is 0 Å². The Morgan fingerprint density at radius 1 is 0.947 bits per heavy atom. The number of hydrogen-bond acceptors (Lipinski definition) is 6. The maximum Gasteiger partial charge on any atom is 0.514 e.